The highest BCUT2D eigenvalue weighted by atomic mass is 35.5. The van der Waals surface area contributed by atoms with Gasteiger partial charge in [0.2, 0.25) is 0 Å². The van der Waals surface area contributed by atoms with Crippen LogP contribution in [-0.4, -0.2) is 64.3 Å². The van der Waals surface area contributed by atoms with Crippen LogP contribution in [-0.2, 0) is 6.54 Å². The lowest BCUT2D eigenvalue weighted by Crippen LogP contribution is -2.45. The Hall–Kier alpha value is -2.39. The van der Waals surface area contributed by atoms with E-state index in [4.69, 9.17) is 16.7 Å². The Labute approximate surface area is 184 Å². The Morgan fingerprint density at radius 2 is 1.87 bits per heavy atom. The quantitative estimate of drug-likeness (QED) is 0.633. The first-order valence-electron chi connectivity index (χ1n) is 10.1. The largest absolute Gasteiger partial charge is 0.304 e. The summed E-state index contributed by atoms with van der Waals surface area (Å²) in [4.78, 5) is 9.35. The molecule has 4 heterocycles. The maximum absolute atomic E-state index is 6.93. The lowest BCUT2D eigenvalue weighted by molar-refractivity contribution is 0.149. The van der Waals surface area contributed by atoms with Crippen LogP contribution in [0.5, 0.6) is 0 Å². The van der Waals surface area contributed by atoms with Crippen molar-refractivity contribution >= 4 is 39.5 Å². The van der Waals surface area contributed by atoms with E-state index in [1.807, 2.05) is 45.9 Å². The smallest absolute Gasteiger partial charge is 0.152 e. The lowest BCUT2D eigenvalue weighted by atomic mass is 10.1. The number of nitrogens with zero attached hydrogens (tertiary/aromatic N) is 5. The molecule has 1 fully saturated rings. The average Bonchev–Trinajstić information content (AvgIpc) is 3.43. The second kappa shape index (κ2) is 8.39. The van der Waals surface area contributed by atoms with E-state index in [0.29, 0.717) is 5.03 Å². The van der Waals surface area contributed by atoms with Crippen molar-refractivity contribution in [3.63, 3.8) is 0 Å². The van der Waals surface area contributed by atoms with Gasteiger partial charge in [-0.25, -0.2) is 9.67 Å². The van der Waals surface area contributed by atoms with Gasteiger partial charge in [0.25, 0.3) is 0 Å². The SMILES string of the molecule is CN1CCN(CCn2nc(-c3cscn3)c3c2NNC(c2ccccc2)=C3Cl)CC1. The third kappa shape index (κ3) is 3.72. The standard InChI is InChI=1S/C21H24ClN7S/c1-27-7-9-28(10-8-27)11-12-29-21-17(20(26-29)16-13-30-14-23-16)18(22)19(24-25-21)15-5-3-2-4-6-15/h2-6,13-14,24-25H,7-12H2,1H3. The van der Waals surface area contributed by atoms with E-state index in [2.05, 4.69) is 32.7 Å². The van der Waals surface area contributed by atoms with E-state index < -0.39 is 0 Å². The second-order valence-electron chi connectivity index (χ2n) is 7.62. The van der Waals surface area contributed by atoms with Crippen LogP contribution in [0.3, 0.4) is 0 Å². The molecule has 1 aromatic carbocycles. The van der Waals surface area contributed by atoms with Crippen molar-refractivity contribution in [2.45, 2.75) is 6.54 Å². The number of anilines is 1. The number of hydrazine groups is 1. The molecule has 0 atom stereocenters. The first-order chi connectivity index (χ1) is 14.7. The molecule has 0 amide bonds. The topological polar surface area (TPSA) is 61.2 Å². The molecular weight excluding hydrogens is 418 g/mol. The van der Waals surface area contributed by atoms with Crippen LogP contribution in [0.15, 0.2) is 41.2 Å². The van der Waals surface area contributed by atoms with Crippen LogP contribution in [0.4, 0.5) is 5.82 Å². The summed E-state index contributed by atoms with van der Waals surface area (Å²) in [7, 11) is 2.18. The van der Waals surface area contributed by atoms with E-state index in [0.717, 1.165) is 73.3 Å². The summed E-state index contributed by atoms with van der Waals surface area (Å²) in [5.74, 6) is 0.886. The van der Waals surface area contributed by atoms with E-state index in [-0.39, 0.29) is 0 Å². The molecule has 2 N–H and O–H groups in total. The third-order valence-corrected chi connectivity index (χ3v) is 6.62. The summed E-state index contributed by atoms with van der Waals surface area (Å²) in [6.07, 6.45) is 0. The number of benzene rings is 1. The zero-order valence-corrected chi connectivity index (χ0v) is 18.4. The van der Waals surface area contributed by atoms with Crippen molar-refractivity contribution in [3.05, 3.63) is 52.3 Å². The van der Waals surface area contributed by atoms with Crippen LogP contribution < -0.4 is 10.9 Å². The summed E-state index contributed by atoms with van der Waals surface area (Å²) in [6, 6.07) is 10.1. The minimum absolute atomic E-state index is 0.656. The monoisotopic (exact) mass is 441 g/mol. The maximum Gasteiger partial charge on any atom is 0.152 e. The number of fused-ring (bicyclic) bond motifs is 1. The van der Waals surface area contributed by atoms with E-state index in [9.17, 15) is 0 Å². The third-order valence-electron chi connectivity index (χ3n) is 5.66. The molecule has 0 unspecified atom stereocenters. The Morgan fingerprint density at radius 3 is 2.60 bits per heavy atom. The van der Waals surface area contributed by atoms with Crippen LogP contribution in [0.2, 0.25) is 0 Å². The van der Waals surface area contributed by atoms with Crippen molar-refractivity contribution < 1.29 is 0 Å². The summed E-state index contributed by atoms with van der Waals surface area (Å²) < 4.78 is 2.01. The molecule has 30 heavy (non-hydrogen) atoms. The minimum Gasteiger partial charge on any atom is -0.304 e. The predicted molar refractivity (Wildman–Crippen MR) is 123 cm³/mol. The predicted octanol–water partition coefficient (Wildman–Crippen LogP) is 3.25. The van der Waals surface area contributed by atoms with Crippen LogP contribution in [0.1, 0.15) is 11.1 Å². The number of thiazole rings is 1. The minimum atomic E-state index is 0.656. The molecule has 0 saturated carbocycles. The Morgan fingerprint density at radius 1 is 1.07 bits per heavy atom. The molecule has 2 aliphatic heterocycles. The molecule has 7 nitrogen and oxygen atoms in total. The number of aromatic nitrogens is 3. The zero-order valence-electron chi connectivity index (χ0n) is 16.8. The first kappa shape index (κ1) is 19.6. The van der Waals surface area contributed by atoms with Gasteiger partial charge in [0.05, 0.1) is 28.3 Å². The van der Waals surface area contributed by atoms with Crippen molar-refractivity contribution in [3.8, 4) is 11.4 Å². The summed E-state index contributed by atoms with van der Waals surface area (Å²) in [6.45, 7) is 6.13. The molecule has 5 rings (SSSR count). The van der Waals surface area contributed by atoms with Gasteiger partial charge in [-0.05, 0) is 7.05 Å². The van der Waals surface area contributed by atoms with E-state index >= 15 is 0 Å². The van der Waals surface area contributed by atoms with Gasteiger partial charge in [-0.2, -0.15) is 5.10 Å². The van der Waals surface area contributed by atoms with E-state index in [1.54, 1.807) is 11.3 Å². The molecule has 0 spiro atoms. The second-order valence-corrected chi connectivity index (χ2v) is 8.72. The van der Waals surface area contributed by atoms with Gasteiger partial charge in [-0.1, -0.05) is 41.9 Å². The molecule has 0 bridgehead atoms. The molecular formula is C21H24ClN7S. The van der Waals surface area contributed by atoms with Crippen molar-refractivity contribution in [2.75, 3.05) is 45.2 Å². The average molecular weight is 442 g/mol. The highest BCUT2D eigenvalue weighted by Crippen LogP contribution is 2.41. The van der Waals surface area contributed by atoms with Gasteiger partial charge in [-0.15, -0.1) is 11.3 Å². The van der Waals surface area contributed by atoms with E-state index in [1.165, 1.54) is 0 Å². The van der Waals surface area contributed by atoms with Crippen molar-refractivity contribution in [1.82, 2.24) is 30.0 Å². The molecule has 2 aliphatic rings. The number of nitrogens with one attached hydrogen (secondary N) is 2. The highest BCUT2D eigenvalue weighted by molar-refractivity contribution is 7.07. The summed E-state index contributed by atoms with van der Waals surface area (Å²) >= 11 is 8.49. The number of likely N-dealkylation sites (N-methyl/N-ethyl adjacent to an activating group) is 1. The normalized spacial score (nSPS) is 17.5. The Balaban J connectivity index is 1.49. The molecule has 0 aliphatic carbocycles. The fourth-order valence-corrected chi connectivity index (χ4v) is 4.75. The zero-order chi connectivity index (χ0) is 20.5. The number of hydrogen-bond donors (Lipinski definition) is 2. The van der Waals surface area contributed by atoms with Crippen LogP contribution in [0.25, 0.3) is 22.1 Å². The molecule has 9 heteroatoms. The number of piperazine rings is 1. The van der Waals surface area contributed by atoms with Crippen molar-refractivity contribution in [1.29, 1.82) is 0 Å². The first-order valence-corrected chi connectivity index (χ1v) is 11.4. The molecule has 3 aromatic rings. The van der Waals surface area contributed by atoms with Gasteiger partial charge in [0.1, 0.15) is 11.4 Å². The number of halogens is 1. The van der Waals surface area contributed by atoms with Gasteiger partial charge in [0, 0.05) is 43.7 Å². The van der Waals surface area contributed by atoms with Gasteiger partial charge < -0.3 is 4.90 Å². The molecule has 156 valence electrons. The molecule has 0 radical (unpaired) electrons. The summed E-state index contributed by atoms with van der Waals surface area (Å²) in [5.41, 5.74) is 12.9. The van der Waals surface area contributed by atoms with Crippen LogP contribution in [0, 0.1) is 0 Å². The highest BCUT2D eigenvalue weighted by Gasteiger charge is 2.29. The van der Waals surface area contributed by atoms with Gasteiger partial charge >= 0.3 is 0 Å². The fraction of sp³-hybridized carbons (Fsp3) is 0.333. The van der Waals surface area contributed by atoms with Crippen molar-refractivity contribution in [2.24, 2.45) is 0 Å². The maximum atomic E-state index is 6.93. The molecule has 2 aromatic heterocycles. The number of rotatable bonds is 5. The Kier molecular flexibility index (Phi) is 5.47. The van der Waals surface area contributed by atoms with Gasteiger partial charge in [-0.3, -0.25) is 15.8 Å². The Bertz CT molecular complexity index is 1040. The van der Waals surface area contributed by atoms with Gasteiger partial charge in [0.15, 0.2) is 5.82 Å². The number of hydrogen-bond acceptors (Lipinski definition) is 7. The lowest BCUT2D eigenvalue weighted by Gasteiger charge is -2.32. The summed E-state index contributed by atoms with van der Waals surface area (Å²) in [5, 5.41) is 7.59. The van der Waals surface area contributed by atoms with Crippen LogP contribution >= 0.6 is 22.9 Å². The fourth-order valence-electron chi connectivity index (χ4n) is 3.88. The molecule has 1 saturated heterocycles.